The van der Waals surface area contributed by atoms with Crippen LogP contribution in [0.4, 0.5) is 11.6 Å². The predicted molar refractivity (Wildman–Crippen MR) is 114 cm³/mol. The van der Waals surface area contributed by atoms with E-state index in [1.165, 1.54) is 6.20 Å². The van der Waals surface area contributed by atoms with E-state index in [0.717, 1.165) is 16.9 Å². The Morgan fingerprint density at radius 1 is 1.13 bits per heavy atom. The largest absolute Gasteiger partial charge is 0.495 e. The molecule has 3 aromatic heterocycles. The molecular weight excluding hydrogens is 406 g/mol. The standard InChI is InChI=1S/C21H20ClN5O3/c1-30-18-8-13(14(11-28)12-29)5-6-16(18)25-21-24-9-15(22)20(26-21)17-10-23-19-4-2-3-7-27(17)19/h2-10,14,28-29H,11-12H2,1H3,(H,24,25,26). The molecule has 4 aromatic rings. The van der Waals surface area contributed by atoms with E-state index < -0.39 is 0 Å². The molecule has 0 aliphatic rings. The Morgan fingerprint density at radius 2 is 1.97 bits per heavy atom. The Labute approximate surface area is 177 Å². The number of anilines is 2. The van der Waals surface area contributed by atoms with Crippen molar-refractivity contribution in [3.05, 3.63) is 65.6 Å². The lowest BCUT2D eigenvalue weighted by Crippen LogP contribution is -2.09. The molecule has 0 radical (unpaired) electrons. The van der Waals surface area contributed by atoms with E-state index in [-0.39, 0.29) is 19.1 Å². The Bertz CT molecular complexity index is 1180. The van der Waals surface area contributed by atoms with Crippen molar-refractivity contribution in [1.29, 1.82) is 0 Å². The van der Waals surface area contributed by atoms with Crippen LogP contribution in [0.25, 0.3) is 17.0 Å². The number of pyridine rings is 1. The van der Waals surface area contributed by atoms with Gasteiger partial charge in [0.25, 0.3) is 0 Å². The molecule has 0 fully saturated rings. The minimum atomic E-state index is -0.374. The van der Waals surface area contributed by atoms with Crippen LogP contribution >= 0.6 is 11.6 Å². The maximum absolute atomic E-state index is 9.41. The maximum atomic E-state index is 9.41. The van der Waals surface area contributed by atoms with E-state index >= 15 is 0 Å². The van der Waals surface area contributed by atoms with Gasteiger partial charge in [0.1, 0.15) is 17.1 Å². The van der Waals surface area contributed by atoms with Crippen molar-refractivity contribution in [3.63, 3.8) is 0 Å². The van der Waals surface area contributed by atoms with Gasteiger partial charge in [-0.1, -0.05) is 23.7 Å². The second-order valence-electron chi connectivity index (χ2n) is 6.61. The molecular formula is C21H20ClN5O3. The highest BCUT2D eigenvalue weighted by atomic mass is 35.5. The van der Waals surface area contributed by atoms with Gasteiger partial charge in [0.2, 0.25) is 5.95 Å². The Morgan fingerprint density at radius 3 is 2.73 bits per heavy atom. The fourth-order valence-corrected chi connectivity index (χ4v) is 3.36. The smallest absolute Gasteiger partial charge is 0.227 e. The normalized spacial score (nSPS) is 11.2. The SMILES string of the molecule is COc1cc(C(CO)CO)ccc1Nc1ncc(Cl)c(-c2cnc3ccccn23)n1. The van der Waals surface area contributed by atoms with Gasteiger partial charge in [-0.05, 0) is 29.8 Å². The summed E-state index contributed by atoms with van der Waals surface area (Å²) in [6.07, 6.45) is 5.14. The van der Waals surface area contributed by atoms with Crippen LogP contribution in [0.1, 0.15) is 11.5 Å². The molecule has 0 unspecified atom stereocenters. The maximum Gasteiger partial charge on any atom is 0.227 e. The number of rotatable bonds is 7. The first-order valence-corrected chi connectivity index (χ1v) is 9.64. The molecule has 3 N–H and O–H groups in total. The number of hydrogen-bond donors (Lipinski definition) is 3. The molecule has 0 spiro atoms. The predicted octanol–water partition coefficient (Wildman–Crippen LogP) is 3.27. The number of hydrogen-bond acceptors (Lipinski definition) is 7. The highest BCUT2D eigenvalue weighted by Crippen LogP contribution is 2.32. The zero-order chi connectivity index (χ0) is 21.1. The van der Waals surface area contributed by atoms with Crippen molar-refractivity contribution >= 4 is 28.9 Å². The van der Waals surface area contributed by atoms with Gasteiger partial charge >= 0.3 is 0 Å². The average Bonchev–Trinajstić information content (AvgIpc) is 3.20. The van der Waals surface area contributed by atoms with Gasteiger partial charge in [0.15, 0.2) is 0 Å². The quantitative estimate of drug-likeness (QED) is 0.417. The zero-order valence-corrected chi connectivity index (χ0v) is 16.9. The molecule has 3 heterocycles. The molecule has 0 aliphatic heterocycles. The molecule has 8 nitrogen and oxygen atoms in total. The van der Waals surface area contributed by atoms with Crippen molar-refractivity contribution in [2.24, 2.45) is 0 Å². The number of benzene rings is 1. The average molecular weight is 426 g/mol. The summed E-state index contributed by atoms with van der Waals surface area (Å²) in [5.74, 6) is 0.503. The van der Waals surface area contributed by atoms with Gasteiger partial charge < -0.3 is 20.3 Å². The molecule has 0 saturated heterocycles. The molecule has 30 heavy (non-hydrogen) atoms. The lowest BCUT2D eigenvalue weighted by molar-refractivity contribution is 0.192. The topological polar surface area (TPSA) is 105 Å². The third-order valence-electron chi connectivity index (χ3n) is 4.79. The number of aliphatic hydroxyl groups excluding tert-OH is 2. The van der Waals surface area contributed by atoms with Crippen LogP contribution in [0, 0.1) is 0 Å². The summed E-state index contributed by atoms with van der Waals surface area (Å²) in [7, 11) is 1.55. The Kier molecular flexibility index (Phi) is 5.80. The second-order valence-corrected chi connectivity index (χ2v) is 7.02. The summed E-state index contributed by atoms with van der Waals surface area (Å²) in [5.41, 5.74) is 3.49. The highest BCUT2D eigenvalue weighted by Gasteiger charge is 2.16. The van der Waals surface area contributed by atoms with Crippen molar-refractivity contribution in [1.82, 2.24) is 19.4 Å². The molecule has 9 heteroatoms. The van der Waals surface area contributed by atoms with Crippen molar-refractivity contribution in [2.45, 2.75) is 5.92 Å². The summed E-state index contributed by atoms with van der Waals surface area (Å²) < 4.78 is 7.36. The summed E-state index contributed by atoms with van der Waals surface area (Å²) >= 11 is 6.37. The number of ether oxygens (including phenoxy) is 1. The molecule has 0 aliphatic carbocycles. The van der Waals surface area contributed by atoms with E-state index in [0.29, 0.717) is 28.1 Å². The highest BCUT2D eigenvalue weighted by molar-refractivity contribution is 6.32. The van der Waals surface area contributed by atoms with E-state index in [1.54, 1.807) is 25.4 Å². The van der Waals surface area contributed by atoms with Crippen LogP contribution in [0.3, 0.4) is 0 Å². The number of aromatic nitrogens is 4. The third kappa shape index (κ3) is 3.80. The van der Waals surface area contributed by atoms with Crippen LogP contribution in [-0.2, 0) is 0 Å². The van der Waals surface area contributed by atoms with E-state index in [4.69, 9.17) is 16.3 Å². The Hall–Kier alpha value is -3.20. The van der Waals surface area contributed by atoms with Gasteiger partial charge in [-0.2, -0.15) is 0 Å². The van der Waals surface area contributed by atoms with Crippen LogP contribution < -0.4 is 10.1 Å². The summed E-state index contributed by atoms with van der Waals surface area (Å²) in [4.78, 5) is 13.2. The van der Waals surface area contributed by atoms with E-state index in [2.05, 4.69) is 20.3 Å². The van der Waals surface area contributed by atoms with Gasteiger partial charge in [-0.15, -0.1) is 0 Å². The fraction of sp³-hybridized carbons (Fsp3) is 0.190. The molecule has 0 atom stereocenters. The second kappa shape index (κ2) is 8.66. The zero-order valence-electron chi connectivity index (χ0n) is 16.2. The summed E-state index contributed by atoms with van der Waals surface area (Å²) in [5, 5.41) is 22.4. The van der Waals surface area contributed by atoms with Crippen LogP contribution in [0.15, 0.2) is 55.0 Å². The minimum absolute atomic E-state index is 0.157. The van der Waals surface area contributed by atoms with Gasteiger partial charge in [0, 0.05) is 12.1 Å². The molecule has 1 aromatic carbocycles. The van der Waals surface area contributed by atoms with E-state index in [9.17, 15) is 10.2 Å². The first-order valence-electron chi connectivity index (χ1n) is 9.26. The minimum Gasteiger partial charge on any atom is -0.495 e. The molecule has 0 saturated carbocycles. The van der Waals surface area contributed by atoms with Gasteiger partial charge in [0.05, 0.1) is 49.1 Å². The molecule has 0 amide bonds. The monoisotopic (exact) mass is 425 g/mol. The van der Waals surface area contributed by atoms with E-state index in [1.807, 2.05) is 34.9 Å². The molecule has 0 bridgehead atoms. The number of methoxy groups -OCH3 is 1. The number of imidazole rings is 1. The summed E-state index contributed by atoms with van der Waals surface area (Å²) in [6.45, 7) is -0.315. The third-order valence-corrected chi connectivity index (χ3v) is 5.06. The van der Waals surface area contributed by atoms with Crippen molar-refractivity contribution in [2.75, 3.05) is 25.6 Å². The number of fused-ring (bicyclic) bond motifs is 1. The number of nitrogens with one attached hydrogen (secondary N) is 1. The van der Waals surface area contributed by atoms with Gasteiger partial charge in [-0.3, -0.25) is 4.40 Å². The number of halogens is 1. The van der Waals surface area contributed by atoms with Crippen LogP contribution in [-0.4, -0.2) is 49.9 Å². The lowest BCUT2D eigenvalue weighted by atomic mass is 10.0. The van der Waals surface area contributed by atoms with Crippen LogP contribution in [0.2, 0.25) is 5.02 Å². The number of aliphatic hydroxyl groups is 2. The number of nitrogens with zero attached hydrogens (tertiary/aromatic N) is 4. The fourth-order valence-electron chi connectivity index (χ4n) is 3.17. The molecule has 154 valence electrons. The molecule has 4 rings (SSSR count). The lowest BCUT2D eigenvalue weighted by Gasteiger charge is -2.16. The Balaban J connectivity index is 1.69. The summed E-state index contributed by atoms with van der Waals surface area (Å²) in [6, 6.07) is 11.1. The van der Waals surface area contributed by atoms with Crippen molar-refractivity contribution in [3.8, 4) is 17.1 Å². The van der Waals surface area contributed by atoms with Crippen molar-refractivity contribution < 1.29 is 14.9 Å². The van der Waals surface area contributed by atoms with Gasteiger partial charge in [-0.25, -0.2) is 15.0 Å². The first kappa shape index (κ1) is 20.1. The first-order chi connectivity index (χ1) is 14.6. The van der Waals surface area contributed by atoms with Crippen LogP contribution in [0.5, 0.6) is 5.75 Å².